The van der Waals surface area contributed by atoms with Crippen LogP contribution in [0.4, 0.5) is 0 Å². The molecule has 0 aromatic heterocycles. The molecule has 1 fully saturated rings. The fourth-order valence-corrected chi connectivity index (χ4v) is 2.37. The van der Waals surface area contributed by atoms with Crippen molar-refractivity contribution in [3.63, 3.8) is 0 Å². The number of carbonyl (C=O) groups is 1. The van der Waals surface area contributed by atoms with Crippen LogP contribution in [0.25, 0.3) is 0 Å². The Morgan fingerprint density at radius 2 is 2.19 bits per heavy atom. The molecule has 1 unspecified atom stereocenters. The van der Waals surface area contributed by atoms with Crippen molar-refractivity contribution in [1.82, 2.24) is 16.0 Å². The van der Waals surface area contributed by atoms with E-state index >= 15 is 0 Å². The molecule has 1 saturated heterocycles. The summed E-state index contributed by atoms with van der Waals surface area (Å²) in [5, 5.41) is 9.52. The van der Waals surface area contributed by atoms with E-state index in [0.29, 0.717) is 13.0 Å². The van der Waals surface area contributed by atoms with Crippen LogP contribution < -0.4 is 25.4 Å². The van der Waals surface area contributed by atoms with E-state index in [4.69, 9.17) is 9.47 Å². The summed E-state index contributed by atoms with van der Waals surface area (Å²) in [7, 11) is 3.23. The summed E-state index contributed by atoms with van der Waals surface area (Å²) in [6.07, 6.45) is 0.472. The quantitative estimate of drug-likeness (QED) is 0.702. The summed E-state index contributed by atoms with van der Waals surface area (Å²) in [5.74, 6) is 1.52. The Morgan fingerprint density at radius 1 is 1.33 bits per heavy atom. The van der Waals surface area contributed by atoms with Gasteiger partial charge in [-0.25, -0.2) is 0 Å². The lowest BCUT2D eigenvalue weighted by Gasteiger charge is -2.24. The van der Waals surface area contributed by atoms with E-state index in [0.717, 1.165) is 36.7 Å². The van der Waals surface area contributed by atoms with Gasteiger partial charge in [0.25, 0.3) is 0 Å². The SMILES string of the molecule is COc1ccc(OC)c(CNC(=O)CC2CNCCN2)c1. The van der Waals surface area contributed by atoms with Crippen LogP contribution in [-0.4, -0.2) is 45.8 Å². The number of hydrogen-bond acceptors (Lipinski definition) is 5. The van der Waals surface area contributed by atoms with Crippen LogP contribution in [0.5, 0.6) is 11.5 Å². The number of hydrogen-bond donors (Lipinski definition) is 3. The van der Waals surface area contributed by atoms with E-state index in [1.165, 1.54) is 0 Å². The summed E-state index contributed by atoms with van der Waals surface area (Å²) in [4.78, 5) is 12.0. The van der Waals surface area contributed by atoms with Crippen LogP contribution in [0.15, 0.2) is 18.2 Å². The molecular formula is C15H23N3O3. The van der Waals surface area contributed by atoms with Crippen molar-refractivity contribution < 1.29 is 14.3 Å². The molecule has 1 aliphatic rings. The normalized spacial score (nSPS) is 18.1. The fourth-order valence-electron chi connectivity index (χ4n) is 2.37. The number of carbonyl (C=O) groups excluding carboxylic acids is 1. The second-order valence-electron chi connectivity index (χ2n) is 5.01. The van der Waals surface area contributed by atoms with Gasteiger partial charge in [0.1, 0.15) is 11.5 Å². The predicted molar refractivity (Wildman–Crippen MR) is 80.7 cm³/mol. The molecule has 1 atom stereocenters. The Balaban J connectivity index is 1.87. The molecule has 0 spiro atoms. The second-order valence-corrected chi connectivity index (χ2v) is 5.01. The molecule has 1 aromatic carbocycles. The minimum Gasteiger partial charge on any atom is -0.497 e. The molecule has 2 rings (SSSR count). The van der Waals surface area contributed by atoms with Crippen molar-refractivity contribution >= 4 is 5.91 Å². The lowest BCUT2D eigenvalue weighted by Crippen LogP contribution is -2.50. The number of piperazine rings is 1. The zero-order valence-corrected chi connectivity index (χ0v) is 12.6. The molecule has 1 amide bonds. The number of amides is 1. The highest BCUT2D eigenvalue weighted by Crippen LogP contribution is 2.23. The standard InChI is InChI=1S/C15H23N3O3/c1-20-13-3-4-14(21-2)11(7-13)9-18-15(19)8-12-10-16-5-6-17-12/h3-4,7,12,16-17H,5-6,8-10H2,1-2H3,(H,18,19). The van der Waals surface area contributed by atoms with Gasteiger partial charge in [-0.3, -0.25) is 4.79 Å². The van der Waals surface area contributed by atoms with Crippen molar-refractivity contribution in [2.45, 2.75) is 19.0 Å². The van der Waals surface area contributed by atoms with Crippen molar-refractivity contribution in [3.05, 3.63) is 23.8 Å². The van der Waals surface area contributed by atoms with Crippen LogP contribution in [0.3, 0.4) is 0 Å². The highest BCUT2D eigenvalue weighted by Gasteiger charge is 2.16. The Bertz CT molecular complexity index is 473. The summed E-state index contributed by atoms with van der Waals surface area (Å²) in [6.45, 7) is 3.12. The Morgan fingerprint density at radius 3 is 2.86 bits per heavy atom. The number of ether oxygens (including phenoxy) is 2. The highest BCUT2D eigenvalue weighted by atomic mass is 16.5. The average molecular weight is 293 g/mol. The summed E-state index contributed by atoms with van der Waals surface area (Å²) in [6, 6.07) is 5.75. The zero-order chi connectivity index (χ0) is 15.1. The van der Waals surface area contributed by atoms with E-state index in [1.807, 2.05) is 18.2 Å². The predicted octanol–water partition coefficient (Wildman–Crippen LogP) is 0.272. The number of methoxy groups -OCH3 is 2. The summed E-state index contributed by atoms with van der Waals surface area (Å²) in [5.41, 5.74) is 0.903. The van der Waals surface area contributed by atoms with Gasteiger partial charge in [-0.2, -0.15) is 0 Å². The molecule has 21 heavy (non-hydrogen) atoms. The monoisotopic (exact) mass is 293 g/mol. The maximum absolute atomic E-state index is 12.0. The van der Waals surface area contributed by atoms with E-state index in [2.05, 4.69) is 16.0 Å². The van der Waals surface area contributed by atoms with Crippen LogP contribution >= 0.6 is 0 Å². The largest absolute Gasteiger partial charge is 0.497 e. The Hall–Kier alpha value is -1.79. The molecule has 1 aliphatic heterocycles. The first-order valence-electron chi connectivity index (χ1n) is 7.14. The van der Waals surface area contributed by atoms with Gasteiger partial charge >= 0.3 is 0 Å². The molecule has 116 valence electrons. The molecule has 6 nitrogen and oxygen atoms in total. The van der Waals surface area contributed by atoms with Gasteiger partial charge in [0.05, 0.1) is 14.2 Å². The third kappa shape index (κ3) is 4.61. The molecule has 6 heteroatoms. The highest BCUT2D eigenvalue weighted by molar-refractivity contribution is 5.76. The lowest BCUT2D eigenvalue weighted by atomic mass is 10.1. The van der Waals surface area contributed by atoms with Crippen molar-refractivity contribution in [3.8, 4) is 11.5 Å². The summed E-state index contributed by atoms with van der Waals surface area (Å²) < 4.78 is 10.5. The van der Waals surface area contributed by atoms with Crippen LogP contribution in [0.1, 0.15) is 12.0 Å². The van der Waals surface area contributed by atoms with Crippen LogP contribution in [0, 0.1) is 0 Å². The molecule has 0 saturated carbocycles. The number of benzene rings is 1. The zero-order valence-electron chi connectivity index (χ0n) is 12.6. The van der Waals surface area contributed by atoms with Crippen LogP contribution in [-0.2, 0) is 11.3 Å². The van der Waals surface area contributed by atoms with Gasteiger partial charge in [-0.1, -0.05) is 0 Å². The van der Waals surface area contributed by atoms with Crippen LogP contribution in [0.2, 0.25) is 0 Å². The molecule has 1 aromatic rings. The van der Waals surface area contributed by atoms with E-state index < -0.39 is 0 Å². The van der Waals surface area contributed by atoms with E-state index in [-0.39, 0.29) is 11.9 Å². The third-order valence-electron chi connectivity index (χ3n) is 3.52. The van der Waals surface area contributed by atoms with Gasteiger partial charge in [-0.15, -0.1) is 0 Å². The van der Waals surface area contributed by atoms with Gasteiger partial charge < -0.3 is 25.4 Å². The molecule has 0 radical (unpaired) electrons. The minimum absolute atomic E-state index is 0.0288. The van der Waals surface area contributed by atoms with E-state index in [1.54, 1.807) is 14.2 Å². The first-order chi connectivity index (χ1) is 10.2. The topological polar surface area (TPSA) is 71.6 Å². The Kier molecular flexibility index (Phi) is 5.83. The molecular weight excluding hydrogens is 270 g/mol. The second kappa shape index (κ2) is 7.85. The summed E-state index contributed by atoms with van der Waals surface area (Å²) >= 11 is 0. The fraction of sp³-hybridized carbons (Fsp3) is 0.533. The number of nitrogens with one attached hydrogen (secondary N) is 3. The molecule has 0 bridgehead atoms. The van der Waals surface area contributed by atoms with Crippen molar-refractivity contribution in [2.24, 2.45) is 0 Å². The Labute approximate surface area is 125 Å². The maximum Gasteiger partial charge on any atom is 0.221 e. The first-order valence-corrected chi connectivity index (χ1v) is 7.14. The van der Waals surface area contributed by atoms with Gasteiger partial charge in [0.2, 0.25) is 5.91 Å². The minimum atomic E-state index is 0.0288. The number of rotatable bonds is 6. The maximum atomic E-state index is 12.0. The molecule has 1 heterocycles. The van der Waals surface area contributed by atoms with Gasteiger partial charge in [0.15, 0.2) is 0 Å². The molecule has 3 N–H and O–H groups in total. The lowest BCUT2D eigenvalue weighted by molar-refractivity contribution is -0.121. The average Bonchev–Trinajstić information content (AvgIpc) is 2.53. The molecule has 0 aliphatic carbocycles. The van der Waals surface area contributed by atoms with Crippen molar-refractivity contribution in [2.75, 3.05) is 33.9 Å². The van der Waals surface area contributed by atoms with Gasteiger partial charge in [0, 0.05) is 44.2 Å². The third-order valence-corrected chi connectivity index (χ3v) is 3.52. The first kappa shape index (κ1) is 15.6. The van der Waals surface area contributed by atoms with E-state index in [9.17, 15) is 4.79 Å². The van der Waals surface area contributed by atoms with Gasteiger partial charge in [-0.05, 0) is 18.2 Å². The van der Waals surface area contributed by atoms with Crippen molar-refractivity contribution in [1.29, 1.82) is 0 Å². The smallest absolute Gasteiger partial charge is 0.221 e.